The Morgan fingerprint density at radius 1 is 0.380 bits per heavy atom. The smallest absolute Gasteiger partial charge is 0.306 e. The largest absolute Gasteiger partial charge is 0.462 e. The van der Waals surface area contributed by atoms with Crippen molar-refractivity contribution in [3.8, 4) is 0 Å². The van der Waals surface area contributed by atoms with Crippen molar-refractivity contribution in [3.05, 3.63) is 0 Å². The summed E-state index contributed by atoms with van der Waals surface area (Å²) in [6.45, 7) is 8.95. The molecule has 50 heavy (non-hydrogen) atoms. The van der Waals surface area contributed by atoms with E-state index in [2.05, 4.69) is 27.7 Å². The van der Waals surface area contributed by atoms with Crippen LogP contribution in [0.1, 0.15) is 240 Å². The van der Waals surface area contributed by atoms with Gasteiger partial charge in [-0.1, -0.05) is 201 Å². The summed E-state index contributed by atoms with van der Waals surface area (Å²) in [5.74, 6) is -0.0444. The first-order valence-electron chi connectivity index (χ1n) is 21.9. The molecule has 0 aliphatic rings. The van der Waals surface area contributed by atoms with Crippen molar-refractivity contribution in [2.24, 2.45) is 5.92 Å². The van der Waals surface area contributed by atoms with Gasteiger partial charge in [0.05, 0.1) is 0 Å². The normalized spacial score (nSPS) is 11.9. The zero-order chi connectivity index (χ0) is 36.8. The first-order valence-corrected chi connectivity index (χ1v) is 21.9. The Morgan fingerprint density at radius 3 is 0.980 bits per heavy atom. The Bertz CT molecular complexity index is 751. The lowest BCUT2D eigenvalue weighted by molar-refractivity contribution is -0.167. The summed E-state index contributed by atoms with van der Waals surface area (Å²) in [6, 6.07) is 0. The fourth-order valence-electron chi connectivity index (χ4n) is 6.45. The molecule has 0 unspecified atom stereocenters. The number of carbonyl (C=O) groups is 3. The fourth-order valence-corrected chi connectivity index (χ4v) is 6.45. The summed E-state index contributed by atoms with van der Waals surface area (Å²) in [4.78, 5) is 37.5. The number of hydrogen-bond donors (Lipinski definition) is 0. The van der Waals surface area contributed by atoms with E-state index in [9.17, 15) is 14.4 Å². The van der Waals surface area contributed by atoms with Crippen LogP contribution in [0.2, 0.25) is 0 Å². The van der Waals surface area contributed by atoms with Crippen LogP contribution in [0.15, 0.2) is 0 Å². The average molecular weight is 709 g/mol. The molecule has 0 aliphatic heterocycles. The molecule has 296 valence electrons. The number of rotatable bonds is 39. The Balaban J connectivity index is 4.33. The number of carbonyl (C=O) groups excluding carboxylic acids is 3. The van der Waals surface area contributed by atoms with Crippen LogP contribution in [0.4, 0.5) is 0 Å². The molecule has 1 atom stereocenters. The fraction of sp³-hybridized carbons (Fsp3) is 0.932. The summed E-state index contributed by atoms with van der Waals surface area (Å²) in [6.07, 6.45) is 36.6. The lowest BCUT2D eigenvalue weighted by atomic mass is 10.0. The molecule has 0 aliphatic carbocycles. The Hall–Kier alpha value is -1.59. The summed E-state index contributed by atoms with van der Waals surface area (Å²) in [7, 11) is 0. The lowest BCUT2D eigenvalue weighted by Gasteiger charge is -2.18. The third kappa shape index (κ3) is 37.7. The molecule has 0 radical (unpaired) electrons. The Kier molecular flexibility index (Phi) is 37.4. The Labute approximate surface area is 310 Å². The van der Waals surface area contributed by atoms with Crippen LogP contribution in [-0.4, -0.2) is 37.2 Å². The van der Waals surface area contributed by atoms with Crippen molar-refractivity contribution in [2.75, 3.05) is 13.2 Å². The standard InChI is InChI=1S/C44H84O6/c1-5-7-9-11-13-15-20-24-28-32-36-43(46)49-39-41(38-48-42(45)35-31-27-23-18-14-12-10-8-6-2)50-44(47)37-33-29-25-21-17-16-19-22-26-30-34-40(3)4/h40-41H,5-39H2,1-4H3/t41-/m1/s1. The van der Waals surface area contributed by atoms with E-state index in [1.807, 2.05) is 0 Å². The minimum atomic E-state index is -0.758. The van der Waals surface area contributed by atoms with Gasteiger partial charge in [0.25, 0.3) is 0 Å². The van der Waals surface area contributed by atoms with Crippen molar-refractivity contribution in [1.82, 2.24) is 0 Å². The van der Waals surface area contributed by atoms with E-state index >= 15 is 0 Å². The molecule has 0 spiro atoms. The van der Waals surface area contributed by atoms with Gasteiger partial charge in [0.2, 0.25) is 0 Å². The number of ether oxygens (including phenoxy) is 3. The second-order valence-corrected chi connectivity index (χ2v) is 15.5. The topological polar surface area (TPSA) is 78.9 Å². The summed E-state index contributed by atoms with van der Waals surface area (Å²) in [5.41, 5.74) is 0. The predicted octanol–water partition coefficient (Wildman–Crippen LogP) is 13.6. The van der Waals surface area contributed by atoms with Crippen molar-refractivity contribution < 1.29 is 28.6 Å². The van der Waals surface area contributed by atoms with Crippen LogP contribution in [-0.2, 0) is 28.6 Å². The number of hydrogen-bond acceptors (Lipinski definition) is 6. The summed E-state index contributed by atoms with van der Waals surface area (Å²) >= 11 is 0. The van der Waals surface area contributed by atoms with E-state index in [0.717, 1.165) is 63.7 Å². The first-order chi connectivity index (χ1) is 24.4. The van der Waals surface area contributed by atoms with Crippen molar-refractivity contribution in [2.45, 2.75) is 246 Å². The van der Waals surface area contributed by atoms with Gasteiger partial charge in [0.1, 0.15) is 13.2 Å². The summed E-state index contributed by atoms with van der Waals surface area (Å²) in [5, 5.41) is 0. The first kappa shape index (κ1) is 48.4. The molecule has 6 nitrogen and oxygen atoms in total. The van der Waals surface area contributed by atoms with Crippen LogP contribution in [0, 0.1) is 5.92 Å². The Morgan fingerprint density at radius 2 is 0.660 bits per heavy atom. The maximum absolute atomic E-state index is 12.7. The molecule has 0 rings (SSSR count). The molecular weight excluding hydrogens is 624 g/mol. The third-order valence-electron chi connectivity index (χ3n) is 9.79. The van der Waals surface area contributed by atoms with Crippen LogP contribution >= 0.6 is 0 Å². The molecular formula is C44H84O6. The highest BCUT2D eigenvalue weighted by Gasteiger charge is 2.19. The maximum atomic E-state index is 12.7. The van der Waals surface area contributed by atoms with Gasteiger partial charge in [-0.15, -0.1) is 0 Å². The molecule has 0 aromatic rings. The highest BCUT2D eigenvalue weighted by atomic mass is 16.6. The van der Waals surface area contributed by atoms with E-state index in [4.69, 9.17) is 14.2 Å². The minimum Gasteiger partial charge on any atom is -0.462 e. The molecule has 0 heterocycles. The van der Waals surface area contributed by atoms with Gasteiger partial charge in [0.15, 0.2) is 6.10 Å². The van der Waals surface area contributed by atoms with Gasteiger partial charge < -0.3 is 14.2 Å². The molecule has 0 saturated carbocycles. The second kappa shape index (κ2) is 38.6. The van der Waals surface area contributed by atoms with Crippen LogP contribution in [0.3, 0.4) is 0 Å². The SMILES string of the molecule is CCCCCCCCCCCCC(=O)OC[C@@H](COC(=O)CCCCCCCCCCC)OC(=O)CCCCCCCCCCCCC(C)C. The lowest BCUT2D eigenvalue weighted by Crippen LogP contribution is -2.30. The zero-order valence-electron chi connectivity index (χ0n) is 33.9. The number of unbranched alkanes of at least 4 members (excludes halogenated alkanes) is 26. The highest BCUT2D eigenvalue weighted by molar-refractivity contribution is 5.71. The van der Waals surface area contributed by atoms with Gasteiger partial charge in [-0.3, -0.25) is 14.4 Å². The van der Waals surface area contributed by atoms with Crippen molar-refractivity contribution >= 4 is 17.9 Å². The molecule has 0 aromatic heterocycles. The molecule has 0 amide bonds. The van der Waals surface area contributed by atoms with E-state index in [1.54, 1.807) is 0 Å². The maximum Gasteiger partial charge on any atom is 0.306 e. The highest BCUT2D eigenvalue weighted by Crippen LogP contribution is 2.16. The average Bonchev–Trinajstić information content (AvgIpc) is 3.09. The van der Waals surface area contributed by atoms with E-state index in [1.165, 1.54) is 135 Å². The zero-order valence-corrected chi connectivity index (χ0v) is 33.9. The van der Waals surface area contributed by atoms with Crippen LogP contribution < -0.4 is 0 Å². The monoisotopic (exact) mass is 709 g/mol. The quantitative estimate of drug-likeness (QED) is 0.0359. The molecule has 0 bridgehead atoms. The van der Waals surface area contributed by atoms with E-state index in [-0.39, 0.29) is 31.1 Å². The van der Waals surface area contributed by atoms with Crippen LogP contribution in [0.25, 0.3) is 0 Å². The minimum absolute atomic E-state index is 0.0644. The molecule has 0 aromatic carbocycles. The third-order valence-corrected chi connectivity index (χ3v) is 9.79. The molecule has 0 saturated heterocycles. The van der Waals surface area contributed by atoms with Gasteiger partial charge >= 0.3 is 17.9 Å². The van der Waals surface area contributed by atoms with Crippen molar-refractivity contribution in [1.29, 1.82) is 0 Å². The van der Waals surface area contributed by atoms with E-state index < -0.39 is 6.10 Å². The van der Waals surface area contributed by atoms with Gasteiger partial charge in [-0.05, 0) is 25.2 Å². The van der Waals surface area contributed by atoms with Gasteiger partial charge in [-0.25, -0.2) is 0 Å². The van der Waals surface area contributed by atoms with E-state index in [0.29, 0.717) is 19.3 Å². The number of esters is 3. The molecule has 0 fully saturated rings. The van der Waals surface area contributed by atoms with Crippen LogP contribution in [0.5, 0.6) is 0 Å². The molecule has 0 N–H and O–H groups in total. The predicted molar refractivity (Wildman–Crippen MR) is 210 cm³/mol. The van der Waals surface area contributed by atoms with Gasteiger partial charge in [-0.2, -0.15) is 0 Å². The van der Waals surface area contributed by atoms with Gasteiger partial charge in [0, 0.05) is 19.3 Å². The second-order valence-electron chi connectivity index (χ2n) is 15.5. The molecule has 6 heteroatoms. The van der Waals surface area contributed by atoms with Crippen molar-refractivity contribution in [3.63, 3.8) is 0 Å². The summed E-state index contributed by atoms with van der Waals surface area (Å²) < 4.78 is 16.7.